The van der Waals surface area contributed by atoms with Crippen LogP contribution < -0.4 is 0 Å². The van der Waals surface area contributed by atoms with Crippen molar-refractivity contribution in [3.05, 3.63) is 193 Å². The van der Waals surface area contributed by atoms with Gasteiger partial charge in [0.2, 0.25) is 5.95 Å². The molecule has 278 valence electrons. The van der Waals surface area contributed by atoms with Gasteiger partial charge in [0.15, 0.2) is 11.6 Å². The molecule has 59 heavy (non-hydrogen) atoms. The molecule has 4 nitrogen and oxygen atoms in total. The summed E-state index contributed by atoms with van der Waals surface area (Å²) in [5.41, 5.74) is 13.6. The van der Waals surface area contributed by atoms with Gasteiger partial charge in [0.1, 0.15) is 0 Å². The minimum atomic E-state index is -0.255. The number of benzene rings is 8. The molecule has 11 aromatic rings. The molecule has 3 aromatic heterocycles. The predicted octanol–water partition coefficient (Wildman–Crippen LogP) is 14.3. The van der Waals surface area contributed by atoms with E-state index in [9.17, 15) is 0 Å². The van der Waals surface area contributed by atoms with Crippen LogP contribution in [-0.2, 0) is 5.41 Å². The summed E-state index contributed by atoms with van der Waals surface area (Å²) in [5.74, 6) is 1.88. The summed E-state index contributed by atoms with van der Waals surface area (Å²) in [7, 11) is 0. The van der Waals surface area contributed by atoms with Crippen molar-refractivity contribution in [3.63, 3.8) is 0 Å². The van der Waals surface area contributed by atoms with E-state index in [4.69, 9.17) is 15.0 Å². The van der Waals surface area contributed by atoms with Crippen LogP contribution in [-0.4, -0.2) is 19.5 Å². The molecule has 0 aliphatic heterocycles. The number of fused-ring (bicyclic) bond motifs is 10. The second-order valence-electron chi connectivity index (χ2n) is 16.0. The van der Waals surface area contributed by atoms with Crippen molar-refractivity contribution in [3.8, 4) is 62.1 Å². The van der Waals surface area contributed by atoms with E-state index in [0.717, 1.165) is 38.9 Å². The van der Waals surface area contributed by atoms with Gasteiger partial charge in [-0.1, -0.05) is 172 Å². The first-order valence-electron chi connectivity index (χ1n) is 20.1. The number of hydrogen-bond acceptors (Lipinski definition) is 4. The van der Waals surface area contributed by atoms with E-state index in [2.05, 4.69) is 200 Å². The molecule has 0 N–H and O–H groups in total. The fourth-order valence-corrected chi connectivity index (χ4v) is 10.8. The first kappa shape index (κ1) is 33.9. The molecule has 0 saturated heterocycles. The molecule has 0 unspecified atom stereocenters. The third kappa shape index (κ3) is 5.11. The Bertz CT molecular complexity index is 3480. The molecule has 0 radical (unpaired) electrons. The lowest BCUT2D eigenvalue weighted by Gasteiger charge is -2.23. The summed E-state index contributed by atoms with van der Waals surface area (Å²) in [5, 5.41) is 4.81. The van der Waals surface area contributed by atoms with Gasteiger partial charge < -0.3 is 0 Å². The lowest BCUT2D eigenvalue weighted by atomic mass is 9.81. The molecule has 0 bridgehead atoms. The number of aromatic nitrogens is 4. The number of rotatable bonds is 5. The van der Waals surface area contributed by atoms with Crippen LogP contribution in [0.4, 0.5) is 0 Å². The fraction of sp³-hybridized carbons (Fsp3) is 0.0556. The van der Waals surface area contributed by atoms with Crippen molar-refractivity contribution >= 4 is 53.3 Å². The molecule has 5 heteroatoms. The molecule has 0 saturated carbocycles. The van der Waals surface area contributed by atoms with Crippen LogP contribution in [0.5, 0.6) is 0 Å². The predicted molar refractivity (Wildman–Crippen MR) is 246 cm³/mol. The highest BCUT2D eigenvalue weighted by Crippen LogP contribution is 2.53. The van der Waals surface area contributed by atoms with Gasteiger partial charge in [-0.15, -0.1) is 11.3 Å². The topological polar surface area (TPSA) is 43.6 Å². The van der Waals surface area contributed by atoms with Gasteiger partial charge in [0.25, 0.3) is 0 Å². The molecule has 0 spiro atoms. The van der Waals surface area contributed by atoms with Crippen LogP contribution in [0.15, 0.2) is 182 Å². The van der Waals surface area contributed by atoms with Crippen molar-refractivity contribution in [1.29, 1.82) is 0 Å². The van der Waals surface area contributed by atoms with Crippen molar-refractivity contribution < 1.29 is 0 Å². The lowest BCUT2D eigenvalue weighted by molar-refractivity contribution is 0.663. The maximum Gasteiger partial charge on any atom is 0.238 e. The summed E-state index contributed by atoms with van der Waals surface area (Å²) in [4.78, 5) is 16.5. The van der Waals surface area contributed by atoms with Crippen LogP contribution in [0.2, 0.25) is 0 Å². The highest BCUT2D eigenvalue weighted by atomic mass is 32.1. The van der Waals surface area contributed by atoms with E-state index in [-0.39, 0.29) is 5.41 Å². The van der Waals surface area contributed by atoms with E-state index >= 15 is 0 Å². The highest BCUT2D eigenvalue weighted by molar-refractivity contribution is 7.26. The van der Waals surface area contributed by atoms with Crippen molar-refractivity contribution in [2.75, 3.05) is 0 Å². The molecule has 12 rings (SSSR count). The Morgan fingerprint density at radius 2 is 1.07 bits per heavy atom. The third-order valence-corrected chi connectivity index (χ3v) is 13.5. The summed E-state index contributed by atoms with van der Waals surface area (Å²) in [6, 6.07) is 65.1. The Hall–Kier alpha value is -7.21. The van der Waals surface area contributed by atoms with E-state index in [1.807, 2.05) is 0 Å². The van der Waals surface area contributed by atoms with Crippen molar-refractivity contribution in [2.24, 2.45) is 0 Å². The van der Waals surface area contributed by atoms with Crippen LogP contribution in [0.1, 0.15) is 25.0 Å². The first-order valence-corrected chi connectivity index (χ1v) is 20.9. The lowest BCUT2D eigenvalue weighted by Crippen LogP contribution is -2.17. The quantitative estimate of drug-likeness (QED) is 0.175. The van der Waals surface area contributed by atoms with Gasteiger partial charge in [-0.05, 0) is 68.8 Å². The Balaban J connectivity index is 1.17. The molecule has 0 fully saturated rings. The normalized spacial score (nSPS) is 13.1. The van der Waals surface area contributed by atoms with Crippen LogP contribution in [0.25, 0.3) is 104 Å². The van der Waals surface area contributed by atoms with E-state index < -0.39 is 0 Å². The standard InChI is InChI=1S/C54H36N4S/c1-54(2)45-27-11-8-21-37(45)40-30-31-41-38-22-9-12-28-46(38)58(49(41)48(40)54)53-56-51(55-52(57-53)44-26-15-25-42-39-23-10-13-29-47(39)59-50(42)44)43-24-7-6-20-36(43)35-19-14-18-34(32-35)33-16-4-3-5-17-33/h3-32H,1-2H3. The molecule has 0 atom stereocenters. The number of para-hydroxylation sites is 1. The van der Waals surface area contributed by atoms with Crippen LogP contribution in [0, 0.1) is 0 Å². The SMILES string of the molecule is CC1(C)c2ccccc2-c2ccc3c4ccccc4n(-c4nc(-c5ccccc5-c5cccc(-c6ccccc6)c5)nc(-c5cccc6c5sc5ccccc56)n4)c3c21. The Morgan fingerprint density at radius 1 is 0.441 bits per heavy atom. The Kier molecular flexibility index (Phi) is 7.41. The van der Waals surface area contributed by atoms with Gasteiger partial charge in [0, 0.05) is 47.5 Å². The minimum absolute atomic E-state index is 0.255. The number of thiophene rings is 1. The first-order chi connectivity index (χ1) is 29.0. The second kappa shape index (κ2) is 12.9. The molecule has 8 aromatic carbocycles. The maximum absolute atomic E-state index is 5.53. The van der Waals surface area contributed by atoms with Gasteiger partial charge in [-0.2, -0.15) is 9.97 Å². The van der Waals surface area contributed by atoms with Gasteiger partial charge in [0.05, 0.1) is 11.0 Å². The summed E-state index contributed by atoms with van der Waals surface area (Å²) in [6.07, 6.45) is 0. The smallest absolute Gasteiger partial charge is 0.238 e. The van der Waals surface area contributed by atoms with Gasteiger partial charge in [-0.3, -0.25) is 4.57 Å². The summed E-state index contributed by atoms with van der Waals surface area (Å²) >= 11 is 1.79. The number of hydrogen-bond donors (Lipinski definition) is 0. The monoisotopic (exact) mass is 772 g/mol. The number of nitrogens with zero attached hydrogens (tertiary/aromatic N) is 4. The molecule has 1 aliphatic rings. The maximum atomic E-state index is 5.53. The van der Waals surface area contributed by atoms with Crippen LogP contribution in [0.3, 0.4) is 0 Å². The minimum Gasteiger partial charge on any atom is -0.277 e. The van der Waals surface area contributed by atoms with Crippen molar-refractivity contribution in [2.45, 2.75) is 19.3 Å². The molecule has 3 heterocycles. The van der Waals surface area contributed by atoms with Gasteiger partial charge >= 0.3 is 0 Å². The molecular weight excluding hydrogens is 737 g/mol. The average Bonchev–Trinajstić information content (AvgIpc) is 3.92. The van der Waals surface area contributed by atoms with E-state index in [0.29, 0.717) is 17.6 Å². The Labute approximate surface area is 345 Å². The zero-order valence-electron chi connectivity index (χ0n) is 32.5. The molecular formula is C54H36N4S. The second-order valence-corrected chi connectivity index (χ2v) is 17.0. The largest absolute Gasteiger partial charge is 0.277 e. The average molecular weight is 773 g/mol. The van der Waals surface area contributed by atoms with E-state index in [1.54, 1.807) is 11.3 Å². The third-order valence-electron chi connectivity index (χ3n) is 12.3. The fourth-order valence-electron chi connectivity index (χ4n) is 9.58. The van der Waals surface area contributed by atoms with Crippen LogP contribution >= 0.6 is 11.3 Å². The van der Waals surface area contributed by atoms with Crippen molar-refractivity contribution in [1.82, 2.24) is 19.5 Å². The zero-order valence-corrected chi connectivity index (χ0v) is 33.3. The highest BCUT2D eigenvalue weighted by Gasteiger charge is 2.38. The zero-order chi connectivity index (χ0) is 39.2. The summed E-state index contributed by atoms with van der Waals surface area (Å²) < 4.78 is 4.73. The Morgan fingerprint density at radius 3 is 1.93 bits per heavy atom. The molecule has 0 amide bonds. The van der Waals surface area contributed by atoms with E-state index in [1.165, 1.54) is 58.8 Å². The summed E-state index contributed by atoms with van der Waals surface area (Å²) in [6.45, 7) is 4.71. The molecule has 1 aliphatic carbocycles. The van der Waals surface area contributed by atoms with Gasteiger partial charge in [-0.25, -0.2) is 4.98 Å².